The van der Waals surface area contributed by atoms with Gasteiger partial charge in [-0.2, -0.15) is 0 Å². The molecule has 0 bridgehead atoms. The first kappa shape index (κ1) is 22.7. The molecule has 0 amide bonds. The highest BCUT2D eigenvalue weighted by atomic mass is 127. The van der Waals surface area contributed by atoms with Crippen molar-refractivity contribution in [1.82, 2.24) is 10.2 Å². The van der Waals surface area contributed by atoms with Crippen LogP contribution in [0.3, 0.4) is 0 Å². The molecular formula is C22H33FIN3O2. The number of hydrogen-bond donors (Lipinski definition) is 1. The maximum absolute atomic E-state index is 13.5. The molecule has 3 saturated heterocycles. The summed E-state index contributed by atoms with van der Waals surface area (Å²) >= 11 is 0. The van der Waals surface area contributed by atoms with Crippen molar-refractivity contribution in [3.05, 3.63) is 35.6 Å². The molecule has 1 N–H and O–H groups in total. The molecule has 7 heteroatoms. The van der Waals surface area contributed by atoms with E-state index in [1.54, 1.807) is 12.1 Å². The minimum atomic E-state index is -0.191. The first-order valence-corrected chi connectivity index (χ1v) is 10.6. The van der Waals surface area contributed by atoms with Gasteiger partial charge in [-0.3, -0.25) is 4.99 Å². The summed E-state index contributed by atoms with van der Waals surface area (Å²) in [6.07, 6.45) is 4.16. The van der Waals surface area contributed by atoms with E-state index in [2.05, 4.69) is 17.1 Å². The van der Waals surface area contributed by atoms with Gasteiger partial charge in [-0.25, -0.2) is 4.39 Å². The Balaban J connectivity index is 0.00000240. The number of nitrogens with one attached hydrogen (secondary N) is 1. The summed E-state index contributed by atoms with van der Waals surface area (Å²) in [6.45, 7) is 8.93. The largest absolute Gasteiger partial charge is 0.381 e. The van der Waals surface area contributed by atoms with Gasteiger partial charge >= 0.3 is 0 Å². The van der Waals surface area contributed by atoms with Gasteiger partial charge in [-0.05, 0) is 50.3 Å². The second kappa shape index (κ2) is 9.92. The smallest absolute Gasteiger partial charge is 0.193 e. The first-order chi connectivity index (χ1) is 13.6. The summed E-state index contributed by atoms with van der Waals surface area (Å²) in [5.74, 6) is 0.809. The van der Waals surface area contributed by atoms with Crippen LogP contribution in [-0.4, -0.2) is 63.5 Å². The lowest BCUT2D eigenvalue weighted by Gasteiger charge is -2.37. The van der Waals surface area contributed by atoms with Crippen LogP contribution in [0.25, 0.3) is 0 Å². The zero-order chi connectivity index (χ0) is 19.5. The Morgan fingerprint density at radius 2 is 1.83 bits per heavy atom. The number of rotatable bonds is 4. The van der Waals surface area contributed by atoms with Crippen molar-refractivity contribution in [1.29, 1.82) is 0 Å². The zero-order valence-corrected chi connectivity index (χ0v) is 19.6. The molecule has 1 aromatic rings. The van der Waals surface area contributed by atoms with Crippen LogP contribution in [0.2, 0.25) is 0 Å². The SMILES string of the molecule is CCNC(=NCC1(c2ccc(F)cc2)CCOCC1)N1CCC2(CCOC2)C1.I. The van der Waals surface area contributed by atoms with Gasteiger partial charge in [0, 0.05) is 50.3 Å². The third-order valence-electron chi connectivity index (χ3n) is 6.70. The second-order valence-electron chi connectivity index (χ2n) is 8.54. The van der Waals surface area contributed by atoms with Crippen molar-refractivity contribution in [3.8, 4) is 0 Å². The lowest BCUT2D eigenvalue weighted by molar-refractivity contribution is 0.0530. The molecule has 0 saturated carbocycles. The van der Waals surface area contributed by atoms with Crippen molar-refractivity contribution in [2.24, 2.45) is 10.4 Å². The van der Waals surface area contributed by atoms with Gasteiger partial charge in [0.2, 0.25) is 0 Å². The molecule has 3 aliphatic heterocycles. The lowest BCUT2D eigenvalue weighted by Crippen LogP contribution is -2.43. The minimum Gasteiger partial charge on any atom is -0.381 e. The van der Waals surface area contributed by atoms with Crippen LogP contribution >= 0.6 is 24.0 Å². The molecule has 5 nitrogen and oxygen atoms in total. The Morgan fingerprint density at radius 3 is 2.48 bits per heavy atom. The van der Waals surface area contributed by atoms with Crippen molar-refractivity contribution in [2.45, 2.75) is 38.0 Å². The number of halogens is 2. The number of hydrogen-bond acceptors (Lipinski definition) is 3. The highest BCUT2D eigenvalue weighted by molar-refractivity contribution is 14.0. The van der Waals surface area contributed by atoms with Gasteiger partial charge in [-0.15, -0.1) is 24.0 Å². The van der Waals surface area contributed by atoms with Crippen LogP contribution in [0.15, 0.2) is 29.3 Å². The Kier molecular flexibility index (Phi) is 7.78. The standard InChI is InChI=1S/C22H32FN3O2.HI/c1-2-24-20(26-11-7-21(16-26)8-12-28-17-21)25-15-22(9-13-27-14-10-22)18-3-5-19(23)6-4-18;/h3-6H,2,7-17H2,1H3,(H,24,25);1H. The van der Waals surface area contributed by atoms with Gasteiger partial charge in [0.05, 0.1) is 13.2 Å². The number of likely N-dealkylation sites (tertiary alicyclic amines) is 1. The summed E-state index contributed by atoms with van der Waals surface area (Å²) in [4.78, 5) is 7.48. The molecule has 162 valence electrons. The number of nitrogens with zero attached hydrogens (tertiary/aromatic N) is 2. The van der Waals surface area contributed by atoms with Gasteiger partial charge < -0.3 is 19.7 Å². The summed E-state index contributed by atoms with van der Waals surface area (Å²) in [5, 5.41) is 3.49. The van der Waals surface area contributed by atoms with Crippen LogP contribution in [0, 0.1) is 11.2 Å². The Morgan fingerprint density at radius 1 is 1.10 bits per heavy atom. The average molecular weight is 517 g/mol. The van der Waals surface area contributed by atoms with E-state index in [1.165, 1.54) is 12.0 Å². The van der Waals surface area contributed by atoms with Gasteiger partial charge in [0.25, 0.3) is 0 Å². The van der Waals surface area contributed by atoms with Crippen molar-refractivity contribution < 1.29 is 13.9 Å². The van der Waals surface area contributed by atoms with E-state index in [1.807, 2.05) is 12.1 Å². The molecule has 3 aliphatic rings. The minimum absolute atomic E-state index is 0. The van der Waals surface area contributed by atoms with E-state index < -0.39 is 0 Å². The van der Waals surface area contributed by atoms with Crippen LogP contribution in [-0.2, 0) is 14.9 Å². The molecule has 4 rings (SSSR count). The maximum Gasteiger partial charge on any atom is 0.193 e. The van der Waals surface area contributed by atoms with Crippen LogP contribution in [0.5, 0.6) is 0 Å². The fraction of sp³-hybridized carbons (Fsp3) is 0.682. The number of ether oxygens (including phenoxy) is 2. The molecular weight excluding hydrogens is 484 g/mol. The summed E-state index contributed by atoms with van der Waals surface area (Å²) < 4.78 is 24.8. The summed E-state index contributed by atoms with van der Waals surface area (Å²) in [5.41, 5.74) is 1.39. The molecule has 1 unspecified atom stereocenters. The van der Waals surface area contributed by atoms with Gasteiger partial charge in [0.15, 0.2) is 5.96 Å². The van der Waals surface area contributed by atoms with Crippen molar-refractivity contribution in [2.75, 3.05) is 52.6 Å². The third kappa shape index (κ3) is 5.05. The quantitative estimate of drug-likeness (QED) is 0.377. The average Bonchev–Trinajstić information content (AvgIpc) is 3.36. The molecule has 1 atom stereocenters. The first-order valence-electron chi connectivity index (χ1n) is 10.6. The molecule has 0 aromatic heterocycles. The Bertz CT molecular complexity index is 686. The van der Waals surface area contributed by atoms with Gasteiger partial charge in [0.1, 0.15) is 5.82 Å². The fourth-order valence-corrected chi connectivity index (χ4v) is 4.84. The van der Waals surface area contributed by atoms with Crippen LogP contribution in [0.4, 0.5) is 4.39 Å². The van der Waals surface area contributed by atoms with Crippen LogP contribution in [0.1, 0.15) is 38.2 Å². The Hall–Kier alpha value is -0.930. The molecule has 0 radical (unpaired) electrons. The second-order valence-corrected chi connectivity index (χ2v) is 8.54. The zero-order valence-electron chi connectivity index (χ0n) is 17.3. The highest BCUT2D eigenvalue weighted by Crippen LogP contribution is 2.39. The Labute approximate surface area is 190 Å². The topological polar surface area (TPSA) is 46.1 Å². The monoisotopic (exact) mass is 517 g/mol. The predicted molar refractivity (Wildman–Crippen MR) is 124 cm³/mol. The predicted octanol–water partition coefficient (Wildman–Crippen LogP) is 3.57. The van der Waals surface area contributed by atoms with E-state index in [0.717, 1.165) is 71.3 Å². The van der Waals surface area contributed by atoms with E-state index in [-0.39, 0.29) is 35.2 Å². The number of aliphatic imine (C=N–C) groups is 1. The van der Waals surface area contributed by atoms with Crippen molar-refractivity contribution in [3.63, 3.8) is 0 Å². The van der Waals surface area contributed by atoms with E-state index in [9.17, 15) is 4.39 Å². The molecule has 3 heterocycles. The van der Waals surface area contributed by atoms with Crippen molar-refractivity contribution >= 4 is 29.9 Å². The summed E-state index contributed by atoms with van der Waals surface area (Å²) in [7, 11) is 0. The molecule has 1 aromatic carbocycles. The number of benzene rings is 1. The third-order valence-corrected chi connectivity index (χ3v) is 6.70. The van der Waals surface area contributed by atoms with E-state index in [0.29, 0.717) is 12.0 Å². The lowest BCUT2D eigenvalue weighted by atomic mass is 9.74. The summed E-state index contributed by atoms with van der Waals surface area (Å²) in [6, 6.07) is 6.96. The normalized spacial score (nSPS) is 26.6. The fourth-order valence-electron chi connectivity index (χ4n) is 4.84. The van der Waals surface area contributed by atoms with Gasteiger partial charge in [-0.1, -0.05) is 12.1 Å². The maximum atomic E-state index is 13.5. The molecule has 1 spiro atoms. The molecule has 0 aliphatic carbocycles. The number of guanidine groups is 1. The van der Waals surface area contributed by atoms with E-state index in [4.69, 9.17) is 14.5 Å². The molecule has 29 heavy (non-hydrogen) atoms. The highest BCUT2D eigenvalue weighted by Gasteiger charge is 2.42. The van der Waals surface area contributed by atoms with Crippen LogP contribution < -0.4 is 5.32 Å². The molecule has 3 fully saturated rings. The van der Waals surface area contributed by atoms with E-state index >= 15 is 0 Å².